The van der Waals surface area contributed by atoms with Crippen LogP contribution < -0.4 is 10.1 Å². The number of nitrogens with zero attached hydrogens (tertiary/aromatic N) is 3. The summed E-state index contributed by atoms with van der Waals surface area (Å²) < 4.78 is 7.46. The number of ether oxygens (including phenoxy) is 1. The third-order valence-electron chi connectivity index (χ3n) is 5.89. The van der Waals surface area contributed by atoms with Crippen molar-refractivity contribution < 1.29 is 9.53 Å². The van der Waals surface area contributed by atoms with Crippen molar-refractivity contribution in [1.82, 2.24) is 19.8 Å². The Morgan fingerprint density at radius 1 is 1.41 bits per heavy atom. The molecule has 6 heteroatoms. The quantitative estimate of drug-likeness (QED) is 0.847. The van der Waals surface area contributed by atoms with Crippen LogP contribution in [0, 0.1) is 11.3 Å². The third kappa shape index (κ3) is 3.86. The molecule has 0 aliphatic carbocycles. The second-order valence-corrected chi connectivity index (χ2v) is 7.93. The molecule has 2 fully saturated rings. The summed E-state index contributed by atoms with van der Waals surface area (Å²) in [6.07, 6.45) is 8.69. The molecule has 0 spiro atoms. The highest BCUT2D eigenvalue weighted by molar-refractivity contribution is 5.85. The van der Waals surface area contributed by atoms with Crippen LogP contribution in [0.1, 0.15) is 18.4 Å². The summed E-state index contributed by atoms with van der Waals surface area (Å²) in [5.41, 5.74) is 0.847. The maximum atomic E-state index is 13.4. The number of imidazole rings is 1. The molecule has 0 radical (unpaired) electrons. The van der Waals surface area contributed by atoms with Gasteiger partial charge in [-0.15, -0.1) is 0 Å². The van der Waals surface area contributed by atoms with Gasteiger partial charge in [-0.25, -0.2) is 4.98 Å². The average molecular weight is 368 g/mol. The molecule has 27 heavy (non-hydrogen) atoms. The summed E-state index contributed by atoms with van der Waals surface area (Å²) >= 11 is 0. The van der Waals surface area contributed by atoms with Crippen molar-refractivity contribution in [3.63, 3.8) is 0 Å². The maximum Gasteiger partial charge on any atom is 0.231 e. The Balaban J connectivity index is 1.44. The van der Waals surface area contributed by atoms with Crippen molar-refractivity contribution in [2.45, 2.75) is 25.8 Å². The van der Waals surface area contributed by atoms with Gasteiger partial charge in [-0.2, -0.15) is 0 Å². The maximum absolute atomic E-state index is 13.4. The number of nitrogens with one attached hydrogen (secondary N) is 1. The van der Waals surface area contributed by atoms with Crippen LogP contribution in [0.15, 0.2) is 43.0 Å². The standard InChI is InChI=1S/C21H28N4O2/c1-27-19-6-2-4-17(10-19)11-21(14-23-15-21)20(26)25-8-3-5-18(13-25)12-24-9-7-22-16-24/h2,4,6-7,9-10,16,18,23H,3,5,8,11-15H2,1H3. The molecule has 1 atom stereocenters. The van der Waals surface area contributed by atoms with Gasteiger partial charge in [0.25, 0.3) is 0 Å². The summed E-state index contributed by atoms with van der Waals surface area (Å²) in [5, 5.41) is 3.33. The largest absolute Gasteiger partial charge is 0.497 e. The molecular weight excluding hydrogens is 340 g/mol. The Morgan fingerprint density at radius 3 is 3.00 bits per heavy atom. The minimum absolute atomic E-state index is 0.305. The van der Waals surface area contributed by atoms with E-state index in [4.69, 9.17) is 4.74 Å². The zero-order chi connectivity index (χ0) is 18.7. The monoisotopic (exact) mass is 368 g/mol. The lowest BCUT2D eigenvalue weighted by Crippen LogP contribution is -2.64. The Hall–Kier alpha value is -2.34. The number of carbonyl (C=O) groups excluding carboxylic acids is 1. The topological polar surface area (TPSA) is 59.4 Å². The number of carbonyl (C=O) groups is 1. The number of methoxy groups -OCH3 is 1. The minimum Gasteiger partial charge on any atom is -0.497 e. The van der Waals surface area contributed by atoms with Crippen molar-refractivity contribution in [2.24, 2.45) is 11.3 Å². The number of rotatable bonds is 6. The number of hydrogen-bond donors (Lipinski definition) is 1. The smallest absolute Gasteiger partial charge is 0.231 e. The molecule has 2 aliphatic rings. The molecule has 1 aromatic heterocycles. The average Bonchev–Trinajstić information content (AvgIpc) is 3.17. The Morgan fingerprint density at radius 2 is 2.30 bits per heavy atom. The molecule has 3 heterocycles. The fraction of sp³-hybridized carbons (Fsp3) is 0.524. The van der Waals surface area contributed by atoms with E-state index in [0.717, 1.165) is 56.9 Å². The Bertz CT molecular complexity index is 770. The van der Waals surface area contributed by atoms with Gasteiger partial charge in [0.15, 0.2) is 0 Å². The molecule has 6 nitrogen and oxygen atoms in total. The van der Waals surface area contributed by atoms with Crippen molar-refractivity contribution in [1.29, 1.82) is 0 Å². The van der Waals surface area contributed by atoms with Crippen molar-refractivity contribution in [3.05, 3.63) is 48.5 Å². The van der Waals surface area contributed by atoms with Gasteiger partial charge in [-0.3, -0.25) is 4.79 Å². The minimum atomic E-state index is -0.316. The number of benzene rings is 1. The molecule has 4 rings (SSSR count). The first-order chi connectivity index (χ1) is 13.2. The molecule has 2 aliphatic heterocycles. The van der Waals surface area contributed by atoms with E-state index in [1.165, 1.54) is 6.42 Å². The second kappa shape index (κ2) is 7.72. The lowest BCUT2D eigenvalue weighted by Gasteiger charge is -2.46. The van der Waals surface area contributed by atoms with E-state index in [2.05, 4.69) is 25.8 Å². The van der Waals surface area contributed by atoms with Crippen LogP contribution in [0.25, 0.3) is 0 Å². The van der Waals surface area contributed by atoms with Crippen molar-refractivity contribution in [2.75, 3.05) is 33.3 Å². The van der Waals surface area contributed by atoms with E-state index in [1.54, 1.807) is 7.11 Å². The first kappa shape index (κ1) is 18.0. The number of piperidine rings is 1. The van der Waals surface area contributed by atoms with E-state index in [-0.39, 0.29) is 5.41 Å². The number of hydrogen-bond acceptors (Lipinski definition) is 4. The molecule has 2 saturated heterocycles. The van der Waals surface area contributed by atoms with E-state index in [9.17, 15) is 4.79 Å². The fourth-order valence-corrected chi connectivity index (χ4v) is 4.38. The third-order valence-corrected chi connectivity index (χ3v) is 5.89. The summed E-state index contributed by atoms with van der Waals surface area (Å²) in [6, 6.07) is 8.09. The zero-order valence-corrected chi connectivity index (χ0v) is 15.9. The molecular formula is C21H28N4O2. The molecule has 144 valence electrons. The van der Waals surface area contributed by atoms with Gasteiger partial charge >= 0.3 is 0 Å². The molecule has 1 N–H and O–H groups in total. The lowest BCUT2D eigenvalue weighted by molar-refractivity contribution is -0.147. The van der Waals surface area contributed by atoms with Crippen LogP contribution in [0.2, 0.25) is 0 Å². The normalized spacial score (nSPS) is 21.5. The highest BCUT2D eigenvalue weighted by atomic mass is 16.5. The first-order valence-corrected chi connectivity index (χ1v) is 9.77. The number of amides is 1. The molecule has 0 saturated carbocycles. The SMILES string of the molecule is COc1cccc(CC2(C(=O)N3CCCC(Cn4ccnc4)C3)CNC2)c1. The van der Waals surface area contributed by atoms with Crippen molar-refractivity contribution in [3.8, 4) is 5.75 Å². The van der Waals surface area contributed by atoms with Crippen molar-refractivity contribution >= 4 is 5.91 Å². The molecule has 1 unspecified atom stereocenters. The van der Waals surface area contributed by atoms with Gasteiger partial charge in [-0.1, -0.05) is 12.1 Å². The van der Waals surface area contributed by atoms with Crippen LogP contribution in [-0.4, -0.2) is 53.6 Å². The van der Waals surface area contributed by atoms with Crippen LogP contribution >= 0.6 is 0 Å². The Labute approximate surface area is 160 Å². The predicted molar refractivity (Wildman–Crippen MR) is 104 cm³/mol. The summed E-state index contributed by atoms with van der Waals surface area (Å²) in [4.78, 5) is 19.7. The highest BCUT2D eigenvalue weighted by Crippen LogP contribution is 2.33. The molecule has 1 aromatic carbocycles. The predicted octanol–water partition coefficient (Wildman–Crippen LogP) is 1.96. The van der Waals surface area contributed by atoms with E-state index < -0.39 is 0 Å². The van der Waals surface area contributed by atoms with Gasteiger partial charge in [0.1, 0.15) is 5.75 Å². The van der Waals surface area contributed by atoms with E-state index in [1.807, 2.05) is 36.9 Å². The van der Waals surface area contributed by atoms with Gasteiger partial charge in [0.05, 0.1) is 18.9 Å². The van der Waals surface area contributed by atoms with E-state index in [0.29, 0.717) is 11.8 Å². The van der Waals surface area contributed by atoms with Crippen LogP contribution in [0.3, 0.4) is 0 Å². The second-order valence-electron chi connectivity index (χ2n) is 7.93. The summed E-state index contributed by atoms with van der Waals surface area (Å²) in [7, 11) is 1.68. The summed E-state index contributed by atoms with van der Waals surface area (Å²) in [6.45, 7) is 4.17. The summed E-state index contributed by atoms with van der Waals surface area (Å²) in [5.74, 6) is 1.65. The zero-order valence-electron chi connectivity index (χ0n) is 15.9. The molecule has 2 aromatic rings. The Kier molecular flexibility index (Phi) is 5.16. The van der Waals surface area contributed by atoms with Gasteiger partial charge in [-0.05, 0) is 42.9 Å². The van der Waals surface area contributed by atoms with Gasteiger partial charge in [0.2, 0.25) is 5.91 Å². The van der Waals surface area contributed by atoms with Crippen LogP contribution in [0.5, 0.6) is 5.75 Å². The van der Waals surface area contributed by atoms with E-state index >= 15 is 0 Å². The van der Waals surface area contributed by atoms with Crippen LogP contribution in [-0.2, 0) is 17.8 Å². The lowest BCUT2D eigenvalue weighted by atomic mass is 9.74. The molecule has 1 amide bonds. The van der Waals surface area contributed by atoms with Gasteiger partial charge < -0.3 is 19.5 Å². The highest BCUT2D eigenvalue weighted by Gasteiger charge is 2.47. The van der Waals surface area contributed by atoms with Gasteiger partial charge in [0, 0.05) is 45.1 Å². The van der Waals surface area contributed by atoms with Crippen LogP contribution in [0.4, 0.5) is 0 Å². The number of aromatic nitrogens is 2. The number of likely N-dealkylation sites (tertiary alicyclic amines) is 1. The first-order valence-electron chi connectivity index (χ1n) is 9.77. The molecule has 0 bridgehead atoms. The fourth-order valence-electron chi connectivity index (χ4n) is 4.38.